The van der Waals surface area contributed by atoms with Crippen molar-refractivity contribution in [3.05, 3.63) is 70.7 Å². The maximum atomic E-state index is 12.5. The number of halogens is 1. The highest BCUT2D eigenvalue weighted by molar-refractivity contribution is 6.31. The van der Waals surface area contributed by atoms with Crippen LogP contribution in [0.5, 0.6) is 0 Å². The predicted octanol–water partition coefficient (Wildman–Crippen LogP) is 4.41. The molecule has 0 heterocycles. The van der Waals surface area contributed by atoms with E-state index in [1.54, 1.807) is 18.2 Å². The lowest BCUT2D eigenvalue weighted by molar-refractivity contribution is -0.146. The van der Waals surface area contributed by atoms with Crippen molar-refractivity contribution < 1.29 is 23.9 Å². The summed E-state index contributed by atoms with van der Waals surface area (Å²) in [4.78, 5) is 36.8. The number of ketones is 1. The maximum Gasteiger partial charge on any atom is 0.408 e. The second-order valence-corrected chi connectivity index (χ2v) is 7.05. The molecule has 2 unspecified atom stereocenters. The summed E-state index contributed by atoms with van der Waals surface area (Å²) in [5.74, 6) is -1.27. The summed E-state index contributed by atoms with van der Waals surface area (Å²) in [6.45, 7) is 3.34. The number of carbonyl (C=O) groups excluding carboxylic acids is 3. The molecule has 154 valence electrons. The molecule has 6 nitrogen and oxygen atoms in total. The van der Waals surface area contributed by atoms with Crippen molar-refractivity contribution in [3.8, 4) is 0 Å². The number of ether oxygens (including phenoxy) is 2. The minimum absolute atomic E-state index is 0.0855. The molecule has 0 bridgehead atoms. The van der Waals surface area contributed by atoms with Gasteiger partial charge >= 0.3 is 12.1 Å². The fourth-order valence-corrected chi connectivity index (χ4v) is 2.72. The average molecular weight is 418 g/mol. The van der Waals surface area contributed by atoms with Gasteiger partial charge < -0.3 is 14.8 Å². The first-order valence-corrected chi connectivity index (χ1v) is 9.71. The first-order chi connectivity index (χ1) is 13.9. The molecule has 1 amide bonds. The van der Waals surface area contributed by atoms with E-state index in [1.165, 1.54) is 6.07 Å². The summed E-state index contributed by atoms with van der Waals surface area (Å²) in [5, 5.41) is 2.96. The van der Waals surface area contributed by atoms with Gasteiger partial charge in [-0.1, -0.05) is 74.3 Å². The summed E-state index contributed by atoms with van der Waals surface area (Å²) >= 11 is 5.87. The van der Waals surface area contributed by atoms with E-state index < -0.39 is 24.7 Å². The van der Waals surface area contributed by atoms with Crippen LogP contribution >= 0.6 is 11.6 Å². The van der Waals surface area contributed by atoms with Gasteiger partial charge in [0.05, 0.1) is 0 Å². The van der Waals surface area contributed by atoms with E-state index in [9.17, 15) is 14.4 Å². The van der Waals surface area contributed by atoms with E-state index in [4.69, 9.17) is 21.1 Å². The van der Waals surface area contributed by atoms with Gasteiger partial charge in [-0.05, 0) is 23.6 Å². The monoisotopic (exact) mass is 417 g/mol. The number of alkyl carbamates (subject to hydrolysis) is 1. The van der Waals surface area contributed by atoms with Crippen molar-refractivity contribution >= 4 is 29.4 Å². The van der Waals surface area contributed by atoms with Gasteiger partial charge in [0.25, 0.3) is 0 Å². The van der Waals surface area contributed by atoms with Crippen molar-refractivity contribution in [1.82, 2.24) is 5.32 Å². The SMILES string of the molecule is CCC(C)C(NC(=O)OCc1ccccc1)C(=O)OCC(=O)c1cccc(Cl)c1. The van der Waals surface area contributed by atoms with Gasteiger partial charge in [0.2, 0.25) is 0 Å². The third-order valence-electron chi connectivity index (χ3n) is 4.45. The van der Waals surface area contributed by atoms with Gasteiger partial charge in [0, 0.05) is 10.6 Å². The summed E-state index contributed by atoms with van der Waals surface area (Å²) in [6, 6.07) is 14.7. The van der Waals surface area contributed by atoms with Crippen LogP contribution < -0.4 is 5.32 Å². The van der Waals surface area contributed by atoms with Crippen LogP contribution in [0, 0.1) is 5.92 Å². The molecule has 0 aliphatic carbocycles. The first kappa shape index (κ1) is 22.4. The fourth-order valence-electron chi connectivity index (χ4n) is 2.53. The quantitative estimate of drug-likeness (QED) is 0.482. The summed E-state index contributed by atoms with van der Waals surface area (Å²) < 4.78 is 10.3. The van der Waals surface area contributed by atoms with Crippen LogP contribution in [0.3, 0.4) is 0 Å². The van der Waals surface area contributed by atoms with Crippen LogP contribution in [0.4, 0.5) is 4.79 Å². The molecular weight excluding hydrogens is 394 g/mol. The van der Waals surface area contributed by atoms with Gasteiger partial charge in [-0.3, -0.25) is 4.79 Å². The van der Waals surface area contributed by atoms with E-state index in [2.05, 4.69) is 5.32 Å². The molecule has 29 heavy (non-hydrogen) atoms. The Morgan fingerprint density at radius 1 is 1.03 bits per heavy atom. The van der Waals surface area contributed by atoms with Crippen LogP contribution in [0.25, 0.3) is 0 Å². The summed E-state index contributed by atoms with van der Waals surface area (Å²) in [5.41, 5.74) is 1.18. The number of rotatable bonds is 9. The van der Waals surface area contributed by atoms with Crippen LogP contribution in [0.1, 0.15) is 36.2 Å². The maximum absolute atomic E-state index is 12.5. The van der Waals surface area contributed by atoms with Gasteiger partial charge in [-0.15, -0.1) is 0 Å². The topological polar surface area (TPSA) is 81.7 Å². The summed E-state index contributed by atoms with van der Waals surface area (Å²) in [7, 11) is 0. The minimum Gasteiger partial charge on any atom is -0.456 e. The van der Waals surface area contributed by atoms with Gasteiger partial charge in [0.1, 0.15) is 12.6 Å². The third kappa shape index (κ3) is 7.23. The average Bonchev–Trinajstić information content (AvgIpc) is 2.74. The van der Waals surface area contributed by atoms with Crippen molar-refractivity contribution in [2.45, 2.75) is 32.9 Å². The number of esters is 1. The molecular formula is C22H24ClNO5. The zero-order valence-corrected chi connectivity index (χ0v) is 17.1. The first-order valence-electron chi connectivity index (χ1n) is 9.33. The van der Waals surface area contributed by atoms with Crippen molar-refractivity contribution in [2.24, 2.45) is 5.92 Å². The van der Waals surface area contributed by atoms with E-state index in [0.717, 1.165) is 5.56 Å². The Labute approximate surface area is 175 Å². The molecule has 0 radical (unpaired) electrons. The molecule has 0 fully saturated rings. The molecule has 2 atom stereocenters. The van der Waals surface area contributed by atoms with Gasteiger partial charge in [-0.2, -0.15) is 0 Å². The number of carbonyl (C=O) groups is 3. The Bertz CT molecular complexity index is 840. The molecule has 1 N–H and O–H groups in total. The molecule has 0 saturated carbocycles. The van der Waals surface area contributed by atoms with Crippen LogP contribution in [-0.4, -0.2) is 30.5 Å². The minimum atomic E-state index is -0.921. The predicted molar refractivity (Wildman–Crippen MR) is 110 cm³/mol. The van der Waals surface area contributed by atoms with Crippen LogP contribution in [-0.2, 0) is 20.9 Å². The normalized spacial score (nSPS) is 12.5. The second-order valence-electron chi connectivity index (χ2n) is 6.61. The molecule has 0 aliphatic heterocycles. The van der Waals surface area contributed by atoms with E-state index in [-0.39, 0.29) is 18.3 Å². The number of nitrogens with one attached hydrogen (secondary N) is 1. The highest BCUT2D eigenvalue weighted by Crippen LogP contribution is 2.13. The lowest BCUT2D eigenvalue weighted by Gasteiger charge is -2.22. The van der Waals surface area contributed by atoms with Crippen LogP contribution in [0.2, 0.25) is 5.02 Å². The smallest absolute Gasteiger partial charge is 0.408 e. The van der Waals surface area contributed by atoms with Crippen molar-refractivity contribution in [1.29, 1.82) is 0 Å². The molecule has 0 saturated heterocycles. The van der Waals surface area contributed by atoms with E-state index in [1.807, 2.05) is 44.2 Å². The molecule has 7 heteroatoms. The van der Waals surface area contributed by atoms with Crippen LogP contribution in [0.15, 0.2) is 54.6 Å². The number of benzene rings is 2. The standard InChI is InChI=1S/C22H24ClNO5/c1-3-15(2)20(24-22(27)29-13-16-8-5-4-6-9-16)21(26)28-14-19(25)17-10-7-11-18(23)12-17/h4-12,15,20H,3,13-14H2,1-2H3,(H,24,27). The number of hydrogen-bond donors (Lipinski definition) is 1. The highest BCUT2D eigenvalue weighted by atomic mass is 35.5. The Morgan fingerprint density at radius 3 is 2.41 bits per heavy atom. The zero-order chi connectivity index (χ0) is 21.2. The largest absolute Gasteiger partial charge is 0.456 e. The molecule has 0 aromatic heterocycles. The van der Waals surface area contributed by atoms with Gasteiger partial charge in [0.15, 0.2) is 12.4 Å². The fraction of sp³-hybridized carbons (Fsp3) is 0.318. The summed E-state index contributed by atoms with van der Waals surface area (Å²) in [6.07, 6.45) is -0.0988. The van der Waals surface area contributed by atoms with Crippen molar-refractivity contribution in [3.63, 3.8) is 0 Å². The molecule has 2 aromatic rings. The molecule has 0 aliphatic rings. The molecule has 0 spiro atoms. The van der Waals surface area contributed by atoms with E-state index in [0.29, 0.717) is 17.0 Å². The van der Waals surface area contributed by atoms with E-state index >= 15 is 0 Å². The Morgan fingerprint density at radius 2 is 1.76 bits per heavy atom. The molecule has 2 rings (SSSR count). The lowest BCUT2D eigenvalue weighted by Crippen LogP contribution is -2.46. The van der Waals surface area contributed by atoms with Crippen molar-refractivity contribution in [2.75, 3.05) is 6.61 Å². The Balaban J connectivity index is 1.91. The second kappa shape index (κ2) is 11.2. The zero-order valence-electron chi connectivity index (χ0n) is 16.4. The number of Topliss-reactive ketones (excluding diaryl/α,β-unsaturated/α-hetero) is 1. The Hall–Kier alpha value is -2.86. The number of amides is 1. The van der Waals surface area contributed by atoms with Gasteiger partial charge in [-0.25, -0.2) is 9.59 Å². The molecule has 2 aromatic carbocycles. The highest BCUT2D eigenvalue weighted by Gasteiger charge is 2.28. The third-order valence-corrected chi connectivity index (χ3v) is 4.68. The Kier molecular flexibility index (Phi) is 8.68. The number of hydrogen-bond acceptors (Lipinski definition) is 5. The lowest BCUT2D eigenvalue weighted by atomic mass is 9.99.